The fraction of sp³-hybridized carbons (Fsp3) is 0.769. The van der Waals surface area contributed by atoms with Gasteiger partial charge in [-0.15, -0.1) is 0 Å². The lowest BCUT2D eigenvalue weighted by molar-refractivity contribution is -0.151. The third-order valence-electron chi connectivity index (χ3n) is 3.01. The smallest absolute Gasteiger partial charge is 0.321 e. The number of hydrogen-bond acceptors (Lipinski definition) is 4. The molecule has 1 saturated carbocycles. The highest BCUT2D eigenvalue weighted by Crippen LogP contribution is 2.17. The van der Waals surface area contributed by atoms with E-state index in [1.54, 1.807) is 13.8 Å². The molecule has 0 radical (unpaired) electrons. The third kappa shape index (κ3) is 6.22. The first-order chi connectivity index (χ1) is 8.99. The lowest BCUT2D eigenvalue weighted by Gasteiger charge is -2.22. The molecule has 2 N–H and O–H groups in total. The molecule has 3 amide bonds. The number of amides is 3. The molecular formula is C13H22N2O4. The predicted octanol–water partition coefficient (Wildman–Crippen LogP) is 1.34. The first-order valence-electron chi connectivity index (χ1n) is 6.76. The summed E-state index contributed by atoms with van der Waals surface area (Å²) in [4.78, 5) is 34.0. The van der Waals surface area contributed by atoms with E-state index >= 15 is 0 Å². The minimum absolute atomic E-state index is 0.139. The zero-order valence-electron chi connectivity index (χ0n) is 11.5. The molecule has 0 spiro atoms. The topological polar surface area (TPSA) is 84.5 Å². The molecule has 6 heteroatoms. The summed E-state index contributed by atoms with van der Waals surface area (Å²) in [7, 11) is 0. The number of esters is 1. The molecule has 0 aromatic rings. The van der Waals surface area contributed by atoms with Gasteiger partial charge in [0.15, 0.2) is 6.61 Å². The molecular weight excluding hydrogens is 248 g/mol. The quantitative estimate of drug-likeness (QED) is 0.755. The third-order valence-corrected chi connectivity index (χ3v) is 3.01. The second-order valence-electron chi connectivity index (χ2n) is 5.12. The molecule has 1 fully saturated rings. The maximum Gasteiger partial charge on any atom is 0.321 e. The number of hydrogen-bond donors (Lipinski definition) is 2. The molecule has 0 aromatic heterocycles. The van der Waals surface area contributed by atoms with E-state index in [1.807, 2.05) is 0 Å². The van der Waals surface area contributed by atoms with Crippen LogP contribution in [-0.2, 0) is 14.3 Å². The molecule has 1 aliphatic carbocycles. The zero-order valence-corrected chi connectivity index (χ0v) is 11.5. The van der Waals surface area contributed by atoms with Gasteiger partial charge in [-0.2, -0.15) is 0 Å². The van der Waals surface area contributed by atoms with Crippen molar-refractivity contribution in [2.24, 2.45) is 5.92 Å². The van der Waals surface area contributed by atoms with Crippen LogP contribution in [0.5, 0.6) is 0 Å². The van der Waals surface area contributed by atoms with Gasteiger partial charge in [-0.25, -0.2) is 4.79 Å². The monoisotopic (exact) mass is 270 g/mol. The number of rotatable bonds is 4. The highest BCUT2D eigenvalue weighted by atomic mass is 16.5. The van der Waals surface area contributed by atoms with Gasteiger partial charge in [0, 0.05) is 6.04 Å². The minimum atomic E-state index is -0.609. The zero-order chi connectivity index (χ0) is 14.3. The van der Waals surface area contributed by atoms with E-state index < -0.39 is 24.5 Å². The molecule has 108 valence electrons. The highest BCUT2D eigenvalue weighted by Gasteiger charge is 2.17. The molecule has 0 heterocycles. The van der Waals surface area contributed by atoms with Crippen molar-refractivity contribution in [1.82, 2.24) is 10.6 Å². The van der Waals surface area contributed by atoms with E-state index in [1.165, 1.54) is 6.42 Å². The van der Waals surface area contributed by atoms with Gasteiger partial charge in [0.05, 0.1) is 5.92 Å². The maximum absolute atomic E-state index is 11.5. The van der Waals surface area contributed by atoms with Crippen LogP contribution in [0, 0.1) is 5.92 Å². The lowest BCUT2D eigenvalue weighted by atomic mass is 9.96. The number of ether oxygens (including phenoxy) is 1. The van der Waals surface area contributed by atoms with Gasteiger partial charge in [0.2, 0.25) is 0 Å². The second kappa shape index (κ2) is 7.76. The molecule has 19 heavy (non-hydrogen) atoms. The summed E-state index contributed by atoms with van der Waals surface area (Å²) in [6.07, 6.45) is 5.30. The van der Waals surface area contributed by atoms with Crippen LogP contribution in [0.3, 0.4) is 0 Å². The fourth-order valence-electron chi connectivity index (χ4n) is 1.93. The van der Waals surface area contributed by atoms with Crippen molar-refractivity contribution in [2.75, 3.05) is 6.61 Å². The minimum Gasteiger partial charge on any atom is -0.455 e. The van der Waals surface area contributed by atoms with E-state index in [2.05, 4.69) is 10.6 Å². The Balaban J connectivity index is 2.20. The summed E-state index contributed by atoms with van der Waals surface area (Å²) in [5.41, 5.74) is 0. The number of imide groups is 1. The van der Waals surface area contributed by atoms with Gasteiger partial charge < -0.3 is 10.1 Å². The molecule has 0 aromatic carbocycles. The second-order valence-corrected chi connectivity index (χ2v) is 5.12. The number of carbonyl (C=O) groups excluding carboxylic acids is 3. The Kier molecular flexibility index (Phi) is 6.32. The summed E-state index contributed by atoms with van der Waals surface area (Å²) >= 11 is 0. The molecule has 1 aliphatic rings. The van der Waals surface area contributed by atoms with Crippen molar-refractivity contribution in [2.45, 2.75) is 52.0 Å². The molecule has 0 bridgehead atoms. The maximum atomic E-state index is 11.5. The van der Waals surface area contributed by atoms with E-state index in [4.69, 9.17) is 4.74 Å². The number of urea groups is 1. The van der Waals surface area contributed by atoms with E-state index in [-0.39, 0.29) is 12.0 Å². The average Bonchev–Trinajstić information content (AvgIpc) is 2.36. The summed E-state index contributed by atoms with van der Waals surface area (Å²) < 4.78 is 4.73. The van der Waals surface area contributed by atoms with E-state index in [0.717, 1.165) is 25.7 Å². The van der Waals surface area contributed by atoms with Crippen LogP contribution in [0.1, 0.15) is 46.0 Å². The van der Waals surface area contributed by atoms with Crippen molar-refractivity contribution in [3.63, 3.8) is 0 Å². The van der Waals surface area contributed by atoms with Crippen LogP contribution < -0.4 is 10.6 Å². The van der Waals surface area contributed by atoms with Crippen molar-refractivity contribution in [1.29, 1.82) is 0 Å². The van der Waals surface area contributed by atoms with Crippen LogP contribution in [0.15, 0.2) is 0 Å². The van der Waals surface area contributed by atoms with Gasteiger partial charge in [-0.05, 0) is 12.8 Å². The Bertz CT molecular complexity index is 336. The Morgan fingerprint density at radius 1 is 1.16 bits per heavy atom. The Hall–Kier alpha value is -1.59. The number of carbonyl (C=O) groups is 3. The molecule has 1 rings (SSSR count). The van der Waals surface area contributed by atoms with Crippen LogP contribution in [0.2, 0.25) is 0 Å². The van der Waals surface area contributed by atoms with Crippen molar-refractivity contribution in [3.8, 4) is 0 Å². The lowest BCUT2D eigenvalue weighted by Crippen LogP contribution is -2.46. The van der Waals surface area contributed by atoms with Crippen LogP contribution >= 0.6 is 0 Å². The van der Waals surface area contributed by atoms with Crippen molar-refractivity contribution < 1.29 is 19.1 Å². The van der Waals surface area contributed by atoms with Crippen molar-refractivity contribution >= 4 is 17.9 Å². The SMILES string of the molecule is CC(C)C(=O)OCC(=O)NC(=O)NC1CCCCC1. The molecule has 0 atom stereocenters. The number of nitrogens with one attached hydrogen (secondary N) is 2. The predicted molar refractivity (Wildman–Crippen MR) is 69.3 cm³/mol. The highest BCUT2D eigenvalue weighted by molar-refractivity contribution is 5.95. The van der Waals surface area contributed by atoms with Gasteiger partial charge in [-0.3, -0.25) is 14.9 Å². The average molecular weight is 270 g/mol. The van der Waals surface area contributed by atoms with Gasteiger partial charge >= 0.3 is 12.0 Å². The summed E-state index contributed by atoms with van der Waals surface area (Å²) in [5, 5.41) is 4.90. The summed E-state index contributed by atoms with van der Waals surface area (Å²) in [6.45, 7) is 2.93. The Morgan fingerprint density at radius 3 is 2.37 bits per heavy atom. The van der Waals surface area contributed by atoms with Crippen LogP contribution in [-0.4, -0.2) is 30.6 Å². The van der Waals surface area contributed by atoms with Gasteiger partial charge in [-0.1, -0.05) is 33.1 Å². The molecule has 0 saturated heterocycles. The largest absolute Gasteiger partial charge is 0.455 e. The standard InChI is InChI=1S/C13H22N2O4/c1-9(2)12(17)19-8-11(16)15-13(18)14-10-6-4-3-5-7-10/h9-10H,3-8H2,1-2H3,(H2,14,15,16,18). The van der Waals surface area contributed by atoms with Crippen LogP contribution in [0.25, 0.3) is 0 Å². The molecule has 0 aliphatic heterocycles. The van der Waals surface area contributed by atoms with Gasteiger partial charge in [0.25, 0.3) is 5.91 Å². The van der Waals surface area contributed by atoms with E-state index in [0.29, 0.717) is 0 Å². The van der Waals surface area contributed by atoms with E-state index in [9.17, 15) is 14.4 Å². The molecule has 0 unspecified atom stereocenters. The molecule has 6 nitrogen and oxygen atoms in total. The van der Waals surface area contributed by atoms with Gasteiger partial charge in [0.1, 0.15) is 0 Å². The fourth-order valence-corrected chi connectivity index (χ4v) is 1.93. The first-order valence-corrected chi connectivity index (χ1v) is 6.76. The van der Waals surface area contributed by atoms with Crippen LogP contribution in [0.4, 0.5) is 4.79 Å². The summed E-state index contributed by atoms with van der Waals surface area (Å²) in [5.74, 6) is -1.35. The first kappa shape index (κ1) is 15.5. The normalized spacial score (nSPS) is 15.9. The summed E-state index contributed by atoms with van der Waals surface area (Å²) in [6, 6.07) is -0.378. The Labute approximate surface area is 113 Å². The Morgan fingerprint density at radius 2 is 1.79 bits per heavy atom. The van der Waals surface area contributed by atoms with Crippen molar-refractivity contribution in [3.05, 3.63) is 0 Å².